The number of carbonyl (C=O) groups excluding carboxylic acids is 2. The number of nitrogens with zero attached hydrogens (tertiary/aromatic N) is 4. The van der Waals surface area contributed by atoms with E-state index in [9.17, 15) is 14.7 Å². The van der Waals surface area contributed by atoms with Crippen LogP contribution in [0.3, 0.4) is 0 Å². The maximum atomic E-state index is 13.9. The number of aryl methyl sites for hydroxylation is 2. The number of anilines is 1. The minimum Gasteiger partial charge on any atom is -0.505 e. The number of aliphatic hydroxyl groups is 1. The summed E-state index contributed by atoms with van der Waals surface area (Å²) in [5, 5.41) is 12.2. The Bertz CT molecular complexity index is 1960. The minimum atomic E-state index is -1.01. The van der Waals surface area contributed by atoms with Crippen molar-refractivity contribution in [2.75, 3.05) is 24.7 Å². The van der Waals surface area contributed by atoms with Gasteiger partial charge in [-0.25, -0.2) is 9.97 Å². The number of rotatable bonds is 9. The van der Waals surface area contributed by atoms with E-state index in [2.05, 4.69) is 0 Å². The number of carbonyl (C=O) groups is 2. The van der Waals surface area contributed by atoms with Crippen molar-refractivity contribution in [2.45, 2.75) is 40.7 Å². The predicted octanol–water partition coefficient (Wildman–Crippen LogP) is 6.38. The highest BCUT2D eigenvalue weighted by atomic mass is 32.1. The minimum absolute atomic E-state index is 0.0833. The van der Waals surface area contributed by atoms with Gasteiger partial charge in [0.15, 0.2) is 22.4 Å². The number of imidazole rings is 1. The molecule has 0 radical (unpaired) electrons. The lowest BCUT2D eigenvalue weighted by atomic mass is 9.96. The zero-order chi connectivity index (χ0) is 31.1. The van der Waals surface area contributed by atoms with E-state index in [1.54, 1.807) is 18.2 Å². The summed E-state index contributed by atoms with van der Waals surface area (Å²) in [4.78, 5) is 38.5. The Balaban J connectivity index is 1.58. The number of fused-ring (bicyclic) bond motifs is 2. The van der Waals surface area contributed by atoms with Gasteiger partial charge >= 0.3 is 5.91 Å². The third kappa shape index (κ3) is 4.83. The number of amides is 1. The topological polar surface area (TPSA) is 115 Å². The molecule has 1 saturated heterocycles. The van der Waals surface area contributed by atoms with E-state index in [4.69, 9.17) is 24.2 Å². The van der Waals surface area contributed by atoms with Crippen molar-refractivity contribution >= 4 is 49.8 Å². The van der Waals surface area contributed by atoms with Gasteiger partial charge < -0.3 is 23.7 Å². The summed E-state index contributed by atoms with van der Waals surface area (Å²) >= 11 is 1.26. The Labute approximate surface area is 258 Å². The fourth-order valence-corrected chi connectivity index (χ4v) is 6.53. The fraction of sp³-hybridized carbons (Fsp3) is 0.273. The number of hydrogen-bond acceptors (Lipinski definition) is 9. The molecule has 4 heterocycles. The zero-order valence-corrected chi connectivity index (χ0v) is 25.9. The van der Waals surface area contributed by atoms with Crippen LogP contribution in [0.5, 0.6) is 17.2 Å². The van der Waals surface area contributed by atoms with Gasteiger partial charge in [0.1, 0.15) is 17.1 Å². The number of benzene rings is 2. The molecule has 1 amide bonds. The molecule has 2 aromatic carbocycles. The van der Waals surface area contributed by atoms with E-state index in [0.29, 0.717) is 64.6 Å². The molecular weight excluding hydrogens is 580 g/mol. The fourth-order valence-electron chi connectivity index (χ4n) is 5.51. The average Bonchev–Trinajstić information content (AvgIpc) is 3.66. The number of ether oxygens (including phenoxy) is 3. The SMILES string of the molecule is CCOc1ccc2nc(N3C(=O)C(=O)C(=C(O)c4nc5c(C)cccn5c4C)C3c3ccc(OCC)c(OCC)c3)sc2c1. The predicted molar refractivity (Wildman–Crippen MR) is 169 cm³/mol. The normalized spacial score (nSPS) is 16.3. The first kappa shape index (κ1) is 29.2. The van der Waals surface area contributed by atoms with Crippen molar-refractivity contribution < 1.29 is 28.9 Å². The molecule has 0 spiro atoms. The summed E-state index contributed by atoms with van der Waals surface area (Å²) in [5.41, 5.74) is 3.53. The van der Waals surface area contributed by atoms with Crippen LogP contribution in [0.15, 0.2) is 60.3 Å². The molecular formula is C33H32N4O6S. The molecule has 10 nitrogen and oxygen atoms in total. The van der Waals surface area contributed by atoms with Gasteiger partial charge in [0, 0.05) is 6.20 Å². The van der Waals surface area contributed by atoms with Crippen molar-refractivity contribution in [3.8, 4) is 17.2 Å². The molecule has 3 aromatic heterocycles. The van der Waals surface area contributed by atoms with Crippen molar-refractivity contribution in [1.29, 1.82) is 0 Å². The molecule has 226 valence electrons. The van der Waals surface area contributed by atoms with E-state index in [-0.39, 0.29) is 17.0 Å². The van der Waals surface area contributed by atoms with Crippen LogP contribution in [-0.2, 0) is 9.59 Å². The molecule has 1 fully saturated rings. The second-order valence-corrected chi connectivity index (χ2v) is 11.2. The van der Waals surface area contributed by atoms with Crippen molar-refractivity contribution in [1.82, 2.24) is 14.4 Å². The molecule has 0 bridgehead atoms. The standard InChI is InChI=1S/C33H32N4O6S/c1-6-41-21-12-13-22-25(17-21)44-33(34-22)37-28(20-11-14-23(42-7-2)24(16-20)43-8-3)26(30(39)32(37)40)29(38)27-19(5)36-15-9-10-18(4)31(36)35-27/h9-17,28,38H,6-8H2,1-5H3. The van der Waals surface area contributed by atoms with Gasteiger partial charge in [-0.3, -0.25) is 14.5 Å². The molecule has 1 aliphatic heterocycles. The van der Waals surface area contributed by atoms with Crippen LogP contribution in [0.1, 0.15) is 49.3 Å². The van der Waals surface area contributed by atoms with Gasteiger partial charge in [-0.15, -0.1) is 0 Å². The van der Waals surface area contributed by atoms with E-state index >= 15 is 0 Å². The molecule has 1 atom stereocenters. The van der Waals surface area contributed by atoms with E-state index in [0.717, 1.165) is 10.3 Å². The summed E-state index contributed by atoms with van der Waals surface area (Å²) in [7, 11) is 0. The third-order valence-corrected chi connectivity index (χ3v) is 8.52. The summed E-state index contributed by atoms with van der Waals surface area (Å²) in [5.74, 6) is -0.318. The van der Waals surface area contributed by atoms with Gasteiger partial charge in [-0.05, 0) is 82.1 Å². The molecule has 5 aromatic rings. The molecule has 1 aliphatic rings. The first-order chi connectivity index (χ1) is 21.3. The number of Topliss-reactive ketones (excluding diaryl/α,β-unsaturated/α-hetero) is 1. The third-order valence-electron chi connectivity index (χ3n) is 7.50. The largest absolute Gasteiger partial charge is 0.505 e. The monoisotopic (exact) mass is 612 g/mol. The summed E-state index contributed by atoms with van der Waals surface area (Å²) < 4.78 is 20.0. The number of ketones is 1. The molecule has 1 N–H and O–H groups in total. The second-order valence-electron chi connectivity index (χ2n) is 10.2. The summed E-state index contributed by atoms with van der Waals surface area (Å²) in [6.45, 7) is 10.7. The van der Waals surface area contributed by atoms with Crippen LogP contribution in [0, 0.1) is 13.8 Å². The smallest absolute Gasteiger partial charge is 0.301 e. The van der Waals surface area contributed by atoms with Gasteiger partial charge in [-0.1, -0.05) is 23.5 Å². The number of thiazole rings is 1. The zero-order valence-electron chi connectivity index (χ0n) is 25.1. The lowest BCUT2D eigenvalue weighted by Crippen LogP contribution is -2.29. The number of aromatic nitrogens is 3. The maximum Gasteiger partial charge on any atom is 0.301 e. The highest BCUT2D eigenvalue weighted by Gasteiger charge is 2.49. The van der Waals surface area contributed by atoms with Crippen LogP contribution in [0.2, 0.25) is 0 Å². The first-order valence-corrected chi connectivity index (χ1v) is 15.3. The summed E-state index contributed by atoms with van der Waals surface area (Å²) in [6.07, 6.45) is 1.84. The molecule has 6 rings (SSSR count). The summed E-state index contributed by atoms with van der Waals surface area (Å²) in [6, 6.07) is 13.5. The molecule has 44 heavy (non-hydrogen) atoms. The van der Waals surface area contributed by atoms with Crippen LogP contribution >= 0.6 is 11.3 Å². The number of hydrogen-bond donors (Lipinski definition) is 1. The van der Waals surface area contributed by atoms with E-state index < -0.39 is 17.7 Å². The highest BCUT2D eigenvalue weighted by Crippen LogP contribution is 2.46. The maximum absolute atomic E-state index is 13.9. The highest BCUT2D eigenvalue weighted by molar-refractivity contribution is 7.22. The molecule has 0 aliphatic carbocycles. The van der Waals surface area contributed by atoms with E-state index in [1.165, 1.54) is 16.2 Å². The number of pyridine rings is 1. The van der Waals surface area contributed by atoms with Crippen LogP contribution in [0.4, 0.5) is 5.13 Å². The van der Waals surface area contributed by atoms with Crippen molar-refractivity contribution in [3.63, 3.8) is 0 Å². The molecule has 11 heteroatoms. The van der Waals surface area contributed by atoms with Crippen LogP contribution in [0.25, 0.3) is 21.6 Å². The van der Waals surface area contributed by atoms with Crippen molar-refractivity contribution in [2.24, 2.45) is 0 Å². The van der Waals surface area contributed by atoms with E-state index in [1.807, 2.05) is 75.5 Å². The molecule has 1 unspecified atom stereocenters. The Morgan fingerprint density at radius 2 is 1.68 bits per heavy atom. The Kier molecular flexibility index (Phi) is 7.73. The average molecular weight is 613 g/mol. The van der Waals surface area contributed by atoms with Crippen LogP contribution < -0.4 is 19.1 Å². The Hall–Kier alpha value is -4.90. The van der Waals surface area contributed by atoms with Gasteiger partial charge in [0.25, 0.3) is 5.78 Å². The quantitative estimate of drug-likeness (QED) is 0.116. The second kappa shape index (κ2) is 11.6. The van der Waals surface area contributed by atoms with Crippen molar-refractivity contribution in [3.05, 3.63) is 82.8 Å². The van der Waals surface area contributed by atoms with Gasteiger partial charge in [0.2, 0.25) is 0 Å². The Morgan fingerprint density at radius 3 is 2.41 bits per heavy atom. The lowest BCUT2D eigenvalue weighted by Gasteiger charge is -2.24. The van der Waals surface area contributed by atoms with Gasteiger partial charge in [-0.2, -0.15) is 0 Å². The van der Waals surface area contributed by atoms with Gasteiger partial charge in [0.05, 0.1) is 47.3 Å². The first-order valence-electron chi connectivity index (χ1n) is 14.5. The van der Waals surface area contributed by atoms with Crippen LogP contribution in [-0.4, -0.2) is 51.0 Å². The molecule has 0 saturated carbocycles. The number of aliphatic hydroxyl groups excluding tert-OH is 1. The lowest BCUT2D eigenvalue weighted by molar-refractivity contribution is -0.132. The Morgan fingerprint density at radius 1 is 0.932 bits per heavy atom.